The molecule has 5 rings (SSSR count). The lowest BCUT2D eigenvalue weighted by atomic mass is 10.1. The summed E-state index contributed by atoms with van der Waals surface area (Å²) in [6.07, 6.45) is 7.19. The monoisotopic (exact) mass is 462 g/mol. The maximum Gasteiger partial charge on any atom is 0.266 e. The van der Waals surface area contributed by atoms with E-state index < -0.39 is 22.7 Å². The first-order chi connectivity index (χ1) is 15.5. The van der Waals surface area contributed by atoms with E-state index in [1.165, 1.54) is 12.8 Å². The Labute approximate surface area is 190 Å². The largest absolute Gasteiger partial charge is 0.593 e. The van der Waals surface area contributed by atoms with Gasteiger partial charge >= 0.3 is 0 Å². The quantitative estimate of drug-likeness (QED) is 0.559. The van der Waals surface area contributed by atoms with Gasteiger partial charge in [0.05, 0.1) is 54.3 Å². The second-order valence-corrected chi connectivity index (χ2v) is 10.4. The topological polar surface area (TPSA) is 119 Å². The van der Waals surface area contributed by atoms with Crippen molar-refractivity contribution in [1.82, 2.24) is 24.7 Å². The van der Waals surface area contributed by atoms with Gasteiger partial charge in [-0.3, -0.25) is 14.5 Å². The molecule has 2 aromatic heterocycles. The van der Waals surface area contributed by atoms with Crippen LogP contribution in [0.25, 0.3) is 0 Å². The van der Waals surface area contributed by atoms with Gasteiger partial charge in [0, 0.05) is 13.3 Å². The number of nitrogens with zero attached hydrogens (tertiary/aromatic N) is 5. The summed E-state index contributed by atoms with van der Waals surface area (Å²) < 4.78 is 35.8. The lowest BCUT2D eigenvalue weighted by Gasteiger charge is -2.28. The van der Waals surface area contributed by atoms with Crippen molar-refractivity contribution < 1.29 is 18.8 Å². The Morgan fingerprint density at radius 1 is 1.25 bits per heavy atom. The maximum atomic E-state index is 13.4. The fraction of sp³-hybridized carbons (Fsp3) is 0.714. The summed E-state index contributed by atoms with van der Waals surface area (Å²) in [6, 6.07) is 0. The smallest absolute Gasteiger partial charge is 0.266 e. The third-order valence-electron chi connectivity index (χ3n) is 6.64. The molecule has 0 radical (unpaired) electrons. The zero-order chi connectivity index (χ0) is 22.3. The van der Waals surface area contributed by atoms with Gasteiger partial charge in [0.25, 0.3) is 5.95 Å². The molecule has 3 fully saturated rings. The molecule has 0 amide bonds. The average Bonchev–Trinajstić information content (AvgIpc) is 3.73. The average molecular weight is 463 g/mol. The number of hydrogen-bond acceptors (Lipinski definition) is 9. The van der Waals surface area contributed by atoms with E-state index in [0.29, 0.717) is 37.4 Å². The van der Waals surface area contributed by atoms with Gasteiger partial charge in [-0.15, -0.1) is 10.2 Å². The zero-order valence-electron chi connectivity index (χ0n) is 18.7. The molecule has 2 aliphatic carbocycles. The second kappa shape index (κ2) is 8.86. The van der Waals surface area contributed by atoms with E-state index in [9.17, 15) is 4.55 Å². The van der Waals surface area contributed by atoms with E-state index in [0.717, 1.165) is 24.4 Å². The van der Waals surface area contributed by atoms with Gasteiger partial charge in [0.2, 0.25) is 0 Å². The lowest BCUT2D eigenvalue weighted by Crippen LogP contribution is -2.35. The Hall–Kier alpha value is -1.79. The van der Waals surface area contributed by atoms with Gasteiger partial charge in [-0.25, -0.2) is 0 Å². The molecular formula is C21H30N6O4S. The highest BCUT2D eigenvalue weighted by molar-refractivity contribution is 7.93. The summed E-state index contributed by atoms with van der Waals surface area (Å²) >= 11 is -1.49. The van der Waals surface area contributed by atoms with Gasteiger partial charge in [0.1, 0.15) is 12.2 Å². The Morgan fingerprint density at radius 3 is 2.66 bits per heavy atom. The molecule has 2 saturated carbocycles. The molecule has 32 heavy (non-hydrogen) atoms. The summed E-state index contributed by atoms with van der Waals surface area (Å²) in [5.74, 6) is 1.89. The molecule has 10 nitrogen and oxygen atoms in total. The molecule has 2 aromatic rings. The van der Waals surface area contributed by atoms with Crippen molar-refractivity contribution in [3.8, 4) is 0 Å². The van der Waals surface area contributed by atoms with Crippen LogP contribution in [0.2, 0.25) is 0 Å². The molecule has 4 atom stereocenters. The molecule has 4 unspecified atom stereocenters. The number of aryl methyl sites for hydroxylation is 1. The first kappa shape index (κ1) is 22.0. The van der Waals surface area contributed by atoms with Crippen LogP contribution in [0.3, 0.4) is 0 Å². The minimum atomic E-state index is -1.49. The van der Waals surface area contributed by atoms with Crippen molar-refractivity contribution in [2.24, 2.45) is 5.92 Å². The molecule has 3 heterocycles. The van der Waals surface area contributed by atoms with E-state index in [1.807, 2.05) is 13.8 Å². The zero-order valence-corrected chi connectivity index (χ0v) is 19.5. The first-order valence-electron chi connectivity index (χ1n) is 11.2. The van der Waals surface area contributed by atoms with Gasteiger partial charge in [-0.1, -0.05) is 0 Å². The fourth-order valence-electron chi connectivity index (χ4n) is 4.61. The SMILES string of the molecule is COC(c1cnc(C)cn1)C(C)[S+]([O-])Nc1nnc(C2COCCO2)n1C1(C2CC2)CC1. The number of nitrogens with one attached hydrogen (secondary N) is 1. The van der Waals surface area contributed by atoms with Gasteiger partial charge in [-0.2, -0.15) is 4.72 Å². The van der Waals surface area contributed by atoms with Crippen LogP contribution in [0.4, 0.5) is 5.95 Å². The van der Waals surface area contributed by atoms with Crippen molar-refractivity contribution in [2.75, 3.05) is 31.7 Å². The molecule has 1 aliphatic heterocycles. The van der Waals surface area contributed by atoms with Gasteiger partial charge in [-0.05, 0) is 45.4 Å². The fourth-order valence-corrected chi connectivity index (χ4v) is 5.58. The van der Waals surface area contributed by atoms with Crippen molar-refractivity contribution in [3.63, 3.8) is 0 Å². The van der Waals surface area contributed by atoms with Crippen molar-refractivity contribution in [1.29, 1.82) is 0 Å². The number of ether oxygens (including phenoxy) is 3. The van der Waals surface area contributed by atoms with Crippen LogP contribution < -0.4 is 4.72 Å². The normalized spacial score (nSPS) is 25.2. The van der Waals surface area contributed by atoms with Crippen molar-refractivity contribution in [2.45, 2.75) is 62.5 Å². The van der Waals surface area contributed by atoms with E-state index in [-0.39, 0.29) is 11.6 Å². The summed E-state index contributed by atoms with van der Waals surface area (Å²) in [6.45, 7) is 5.32. The van der Waals surface area contributed by atoms with E-state index in [4.69, 9.17) is 14.2 Å². The summed E-state index contributed by atoms with van der Waals surface area (Å²) in [5.41, 5.74) is 1.46. The Morgan fingerprint density at radius 2 is 2.06 bits per heavy atom. The Bertz CT molecular complexity index is 927. The standard InChI is InChI=1S/C21H30N6O4S/c1-13-10-23-16(11-22-13)18(29-3)14(2)32(28)26-20-25-24-19(17-12-30-8-9-31-17)27(20)21(6-7-21)15-4-5-15/h10-11,14-15,17-18H,4-9,12H2,1-3H3,(H,25,26). The van der Waals surface area contributed by atoms with E-state index >= 15 is 0 Å². The lowest BCUT2D eigenvalue weighted by molar-refractivity contribution is -0.0954. The van der Waals surface area contributed by atoms with Crippen molar-refractivity contribution >= 4 is 17.3 Å². The number of aromatic nitrogens is 5. The maximum absolute atomic E-state index is 13.4. The second-order valence-electron chi connectivity index (χ2n) is 8.87. The van der Waals surface area contributed by atoms with E-state index in [1.54, 1.807) is 19.5 Å². The molecule has 1 N–H and O–H groups in total. The summed E-state index contributed by atoms with van der Waals surface area (Å²) in [5, 5.41) is 8.47. The minimum absolute atomic E-state index is 0.00149. The number of rotatable bonds is 9. The third-order valence-corrected chi connectivity index (χ3v) is 7.95. The Balaban J connectivity index is 1.39. The first-order valence-corrected chi connectivity index (χ1v) is 12.4. The van der Waals surface area contributed by atoms with Crippen LogP contribution in [0.5, 0.6) is 0 Å². The summed E-state index contributed by atoms with van der Waals surface area (Å²) in [7, 11) is 1.59. The molecular weight excluding hydrogens is 432 g/mol. The molecule has 0 spiro atoms. The highest BCUT2D eigenvalue weighted by Gasteiger charge is 2.58. The molecule has 0 aromatic carbocycles. The molecule has 3 aliphatic rings. The van der Waals surface area contributed by atoms with Gasteiger partial charge < -0.3 is 18.8 Å². The molecule has 1 saturated heterocycles. The van der Waals surface area contributed by atoms with E-state index in [2.05, 4.69) is 29.5 Å². The molecule has 174 valence electrons. The van der Waals surface area contributed by atoms with Crippen LogP contribution in [0, 0.1) is 12.8 Å². The van der Waals surface area contributed by atoms with Crippen LogP contribution in [-0.2, 0) is 31.1 Å². The predicted octanol–water partition coefficient (Wildman–Crippen LogP) is 2.22. The van der Waals surface area contributed by atoms with Crippen LogP contribution in [-0.4, -0.2) is 61.5 Å². The molecule has 11 heteroatoms. The van der Waals surface area contributed by atoms with Crippen LogP contribution in [0.1, 0.15) is 62.0 Å². The highest BCUT2D eigenvalue weighted by atomic mass is 32.2. The molecule has 0 bridgehead atoms. The van der Waals surface area contributed by atoms with Crippen molar-refractivity contribution in [3.05, 3.63) is 29.6 Å². The number of anilines is 1. The summed E-state index contributed by atoms with van der Waals surface area (Å²) in [4.78, 5) is 8.71. The van der Waals surface area contributed by atoms with Crippen LogP contribution >= 0.6 is 0 Å². The number of hydrogen-bond donors (Lipinski definition) is 1. The Kier molecular flexibility index (Phi) is 6.10. The third kappa shape index (κ3) is 4.12. The predicted molar refractivity (Wildman–Crippen MR) is 117 cm³/mol. The number of methoxy groups -OCH3 is 1. The van der Waals surface area contributed by atoms with Crippen LogP contribution in [0.15, 0.2) is 12.4 Å². The minimum Gasteiger partial charge on any atom is -0.593 e. The van der Waals surface area contributed by atoms with Gasteiger partial charge in [0.15, 0.2) is 11.1 Å². The highest BCUT2D eigenvalue weighted by Crippen LogP contribution is 2.60.